The first-order valence-corrected chi connectivity index (χ1v) is 10.0. The molecule has 166 valence electrons. The molecule has 1 saturated heterocycles. The lowest BCUT2D eigenvalue weighted by Crippen LogP contribution is -2.37. The van der Waals surface area contributed by atoms with Crippen LogP contribution in [0.25, 0.3) is 11.0 Å². The fourth-order valence-corrected chi connectivity index (χ4v) is 4.24. The van der Waals surface area contributed by atoms with Crippen molar-refractivity contribution in [1.29, 1.82) is 0 Å². The fraction of sp³-hybridized carbons (Fsp3) is 0.381. The summed E-state index contributed by atoms with van der Waals surface area (Å²) in [6.07, 6.45) is 0.891. The van der Waals surface area contributed by atoms with E-state index >= 15 is 0 Å². The molecule has 1 aliphatic rings. The van der Waals surface area contributed by atoms with Gasteiger partial charge in [-0.25, -0.2) is 4.79 Å². The van der Waals surface area contributed by atoms with Crippen molar-refractivity contribution in [2.24, 2.45) is 19.8 Å². The van der Waals surface area contributed by atoms with Gasteiger partial charge in [-0.2, -0.15) is 0 Å². The molecule has 0 saturated carbocycles. The van der Waals surface area contributed by atoms with Gasteiger partial charge in [0.2, 0.25) is 0 Å². The zero-order valence-corrected chi connectivity index (χ0v) is 18.4. The van der Waals surface area contributed by atoms with E-state index in [1.165, 1.54) is 11.6 Å². The quantitative estimate of drug-likeness (QED) is 0.603. The molecule has 31 heavy (non-hydrogen) atoms. The minimum Gasteiger partial charge on any atom is -0.365 e. The van der Waals surface area contributed by atoms with Crippen LogP contribution in [0.4, 0.5) is 5.82 Å². The molecular formula is C21H27ClN6O3. The van der Waals surface area contributed by atoms with Gasteiger partial charge in [-0.3, -0.25) is 18.7 Å². The van der Waals surface area contributed by atoms with Gasteiger partial charge >= 0.3 is 5.69 Å². The van der Waals surface area contributed by atoms with E-state index < -0.39 is 17.2 Å². The number of carbonyl (C=O) groups excluding carboxylic acids is 1. The first-order chi connectivity index (χ1) is 14.4. The monoisotopic (exact) mass is 446 g/mol. The van der Waals surface area contributed by atoms with Crippen LogP contribution in [0, 0.1) is 0 Å². The Kier molecular flexibility index (Phi) is 6.56. The summed E-state index contributed by atoms with van der Waals surface area (Å²) in [5.41, 5.74) is 6.70. The predicted molar refractivity (Wildman–Crippen MR) is 123 cm³/mol. The van der Waals surface area contributed by atoms with E-state index in [0.717, 1.165) is 29.6 Å². The van der Waals surface area contributed by atoms with Gasteiger partial charge in [0.15, 0.2) is 0 Å². The molecule has 1 fully saturated rings. The van der Waals surface area contributed by atoms with Gasteiger partial charge in [0.25, 0.3) is 11.5 Å². The number of nitrogens with zero attached hydrogens (tertiary/aromatic N) is 4. The van der Waals surface area contributed by atoms with Gasteiger partial charge in [-0.05, 0) is 18.5 Å². The van der Waals surface area contributed by atoms with Gasteiger partial charge in [0.1, 0.15) is 16.9 Å². The summed E-state index contributed by atoms with van der Waals surface area (Å²) in [5.74, 6) is -0.0503. The summed E-state index contributed by atoms with van der Waals surface area (Å²) in [5, 5.41) is 3.35. The molecule has 3 heterocycles. The highest BCUT2D eigenvalue weighted by molar-refractivity contribution is 6.10. The predicted octanol–water partition coefficient (Wildman–Crippen LogP) is 0.407. The van der Waals surface area contributed by atoms with Crippen LogP contribution < -0.4 is 27.2 Å². The van der Waals surface area contributed by atoms with Gasteiger partial charge < -0.3 is 20.5 Å². The Morgan fingerprint density at radius 1 is 1.03 bits per heavy atom. The molecule has 0 radical (unpaired) electrons. The number of fused-ring (bicyclic) bond motifs is 1. The Morgan fingerprint density at radius 3 is 2.42 bits per heavy atom. The molecule has 0 aliphatic carbocycles. The Balaban J connectivity index is 0.00000272. The summed E-state index contributed by atoms with van der Waals surface area (Å²) >= 11 is 0. The van der Waals surface area contributed by atoms with Crippen molar-refractivity contribution in [3.63, 3.8) is 0 Å². The SMILES string of the molecule is Cl.Cn1c(=O)c2c(c(C(N)=O)c(N3CCCNCC3)n2Cc2ccccc2)n(C)c1=O. The third-order valence-corrected chi connectivity index (χ3v) is 5.70. The molecule has 1 aromatic carbocycles. The number of hydrogen-bond donors (Lipinski definition) is 2. The van der Waals surface area contributed by atoms with Gasteiger partial charge in [-0.15, -0.1) is 12.4 Å². The van der Waals surface area contributed by atoms with Crippen molar-refractivity contribution in [1.82, 2.24) is 19.0 Å². The Bertz CT molecular complexity index is 1220. The van der Waals surface area contributed by atoms with Crippen LogP contribution in [-0.2, 0) is 20.6 Å². The molecule has 0 unspecified atom stereocenters. The highest BCUT2D eigenvalue weighted by atomic mass is 35.5. The van der Waals surface area contributed by atoms with E-state index in [2.05, 4.69) is 10.2 Å². The zero-order chi connectivity index (χ0) is 21.4. The largest absolute Gasteiger partial charge is 0.365 e. The molecule has 2 aromatic heterocycles. The van der Waals surface area contributed by atoms with Crippen molar-refractivity contribution in [2.45, 2.75) is 13.0 Å². The molecule has 1 aliphatic heterocycles. The Hall–Kier alpha value is -3.04. The zero-order valence-electron chi connectivity index (χ0n) is 17.6. The third kappa shape index (κ3) is 3.86. The van der Waals surface area contributed by atoms with Crippen LogP contribution in [-0.4, -0.2) is 45.8 Å². The number of hydrogen-bond acceptors (Lipinski definition) is 5. The summed E-state index contributed by atoms with van der Waals surface area (Å²) in [6.45, 7) is 3.40. The van der Waals surface area contributed by atoms with Crippen molar-refractivity contribution in [2.75, 3.05) is 31.1 Å². The van der Waals surface area contributed by atoms with Crippen LogP contribution in [0.3, 0.4) is 0 Å². The molecule has 0 spiro atoms. The van der Waals surface area contributed by atoms with E-state index in [1.54, 1.807) is 7.05 Å². The number of amides is 1. The summed E-state index contributed by atoms with van der Waals surface area (Å²) in [7, 11) is 3.01. The molecule has 9 nitrogen and oxygen atoms in total. The minimum atomic E-state index is -0.651. The maximum Gasteiger partial charge on any atom is 0.331 e. The highest BCUT2D eigenvalue weighted by Gasteiger charge is 2.30. The lowest BCUT2D eigenvalue weighted by molar-refractivity contribution is 0.100. The summed E-state index contributed by atoms with van der Waals surface area (Å²) in [6, 6.07) is 9.72. The molecule has 1 amide bonds. The van der Waals surface area contributed by atoms with E-state index in [1.807, 2.05) is 34.9 Å². The fourth-order valence-electron chi connectivity index (χ4n) is 4.24. The number of halogens is 1. The number of rotatable bonds is 4. The van der Waals surface area contributed by atoms with Crippen LogP contribution in [0.2, 0.25) is 0 Å². The van der Waals surface area contributed by atoms with Gasteiger partial charge in [0, 0.05) is 40.3 Å². The van der Waals surface area contributed by atoms with Crippen LogP contribution in [0.15, 0.2) is 39.9 Å². The lowest BCUT2D eigenvalue weighted by atomic mass is 10.2. The number of aromatic nitrogens is 3. The standard InChI is InChI=1S/C21H26N6O3.ClH/c1-24-16-15(18(22)28)19(26-11-6-9-23-10-12-26)27(13-14-7-4-3-5-8-14)17(16)20(29)25(2)21(24)30;/h3-5,7-8,23H,6,9-13H2,1-2H3,(H2,22,28);1H. The highest BCUT2D eigenvalue weighted by Crippen LogP contribution is 2.32. The number of nitrogens with two attached hydrogens (primary N) is 1. The van der Waals surface area contributed by atoms with E-state index in [0.29, 0.717) is 36.5 Å². The molecule has 3 N–H and O–H groups in total. The van der Waals surface area contributed by atoms with Gasteiger partial charge in [-0.1, -0.05) is 30.3 Å². The second-order valence-corrected chi connectivity index (χ2v) is 7.63. The summed E-state index contributed by atoms with van der Waals surface area (Å²) in [4.78, 5) is 40.5. The van der Waals surface area contributed by atoms with Crippen LogP contribution in [0.5, 0.6) is 0 Å². The molecule has 0 bridgehead atoms. The van der Waals surface area contributed by atoms with Crippen molar-refractivity contribution in [3.8, 4) is 0 Å². The van der Waals surface area contributed by atoms with E-state index in [9.17, 15) is 14.4 Å². The lowest BCUT2D eigenvalue weighted by Gasteiger charge is -2.25. The number of primary amides is 1. The van der Waals surface area contributed by atoms with Crippen molar-refractivity contribution in [3.05, 3.63) is 62.3 Å². The normalized spacial score (nSPS) is 14.3. The Morgan fingerprint density at radius 2 is 1.74 bits per heavy atom. The number of aryl methyl sites for hydroxylation is 1. The van der Waals surface area contributed by atoms with Crippen LogP contribution in [0.1, 0.15) is 22.3 Å². The number of benzene rings is 1. The maximum absolute atomic E-state index is 13.2. The average Bonchev–Trinajstić information content (AvgIpc) is 2.88. The molecule has 0 atom stereocenters. The first kappa shape index (κ1) is 22.6. The minimum absolute atomic E-state index is 0. The topological polar surface area (TPSA) is 107 Å². The molecule has 4 rings (SSSR count). The van der Waals surface area contributed by atoms with E-state index in [-0.39, 0.29) is 18.0 Å². The summed E-state index contributed by atoms with van der Waals surface area (Å²) < 4.78 is 4.26. The average molecular weight is 447 g/mol. The van der Waals surface area contributed by atoms with Crippen molar-refractivity contribution >= 4 is 35.2 Å². The first-order valence-electron chi connectivity index (χ1n) is 10.0. The number of nitrogens with one attached hydrogen (secondary N) is 1. The second-order valence-electron chi connectivity index (χ2n) is 7.63. The van der Waals surface area contributed by atoms with E-state index in [4.69, 9.17) is 5.73 Å². The maximum atomic E-state index is 13.2. The van der Waals surface area contributed by atoms with Crippen molar-refractivity contribution < 1.29 is 4.79 Å². The van der Waals surface area contributed by atoms with Crippen LogP contribution >= 0.6 is 12.4 Å². The second kappa shape index (κ2) is 8.99. The van der Waals surface area contributed by atoms with Gasteiger partial charge in [0.05, 0.1) is 5.52 Å². The number of carbonyl (C=O) groups is 1. The molecule has 10 heteroatoms. The number of anilines is 1. The molecule has 3 aromatic rings. The molecular weight excluding hydrogens is 420 g/mol. The third-order valence-electron chi connectivity index (χ3n) is 5.70. The smallest absolute Gasteiger partial charge is 0.331 e. The Labute approximate surface area is 185 Å².